The van der Waals surface area contributed by atoms with Gasteiger partial charge in [0.15, 0.2) is 0 Å². The molecule has 0 bridgehead atoms. The minimum absolute atomic E-state index is 0.106. The molecule has 6 nitrogen and oxygen atoms in total. The molecule has 2 aromatic rings. The summed E-state index contributed by atoms with van der Waals surface area (Å²) in [6, 6.07) is 13.5. The van der Waals surface area contributed by atoms with E-state index in [4.69, 9.17) is 0 Å². The number of rotatable bonds is 7. The molecule has 3 rings (SSSR count). The van der Waals surface area contributed by atoms with E-state index in [0.717, 1.165) is 19.4 Å². The third kappa shape index (κ3) is 4.59. The van der Waals surface area contributed by atoms with Crippen LogP contribution in [0.5, 0.6) is 0 Å². The number of benzene rings is 1. The Hall–Kier alpha value is -2.89. The van der Waals surface area contributed by atoms with Crippen LogP contribution in [0.3, 0.4) is 0 Å². The van der Waals surface area contributed by atoms with Crippen molar-refractivity contribution >= 4 is 17.6 Å². The van der Waals surface area contributed by atoms with Crippen LogP contribution in [0.25, 0.3) is 0 Å². The zero-order chi connectivity index (χ0) is 18.4. The zero-order valence-electron chi connectivity index (χ0n) is 14.9. The maximum Gasteiger partial charge on any atom is 0.251 e. The van der Waals surface area contributed by atoms with Gasteiger partial charge in [0.25, 0.3) is 5.91 Å². The molecule has 0 aliphatic carbocycles. The quantitative estimate of drug-likeness (QED) is 0.800. The van der Waals surface area contributed by atoms with Gasteiger partial charge in [0.05, 0.1) is 6.04 Å². The predicted molar refractivity (Wildman–Crippen MR) is 101 cm³/mol. The molecule has 0 spiro atoms. The second-order valence-corrected chi connectivity index (χ2v) is 6.48. The van der Waals surface area contributed by atoms with Gasteiger partial charge in [-0.15, -0.1) is 0 Å². The average Bonchev–Trinajstić information content (AvgIpc) is 3.01. The van der Waals surface area contributed by atoms with E-state index >= 15 is 0 Å². The number of carbonyl (C=O) groups is 2. The van der Waals surface area contributed by atoms with Crippen molar-refractivity contribution in [2.45, 2.75) is 25.3 Å². The van der Waals surface area contributed by atoms with Gasteiger partial charge in [0, 0.05) is 38.3 Å². The molecule has 2 N–H and O–H groups in total. The largest absolute Gasteiger partial charge is 0.373 e. The molecule has 1 aliphatic rings. The SMILES string of the molecule is CNc1cc(C(=O)NC2CC(=O)N(CCCc3ccccc3)C2)ccn1. The van der Waals surface area contributed by atoms with Crippen molar-refractivity contribution in [3.63, 3.8) is 0 Å². The zero-order valence-corrected chi connectivity index (χ0v) is 14.9. The predicted octanol–water partition coefficient (Wildman–Crippen LogP) is 2.09. The van der Waals surface area contributed by atoms with Crippen molar-refractivity contribution in [3.05, 3.63) is 59.8 Å². The van der Waals surface area contributed by atoms with E-state index in [0.29, 0.717) is 24.3 Å². The normalized spacial score (nSPS) is 16.6. The number of nitrogens with zero attached hydrogens (tertiary/aromatic N) is 2. The molecular weight excluding hydrogens is 328 g/mol. The van der Waals surface area contributed by atoms with Crippen molar-refractivity contribution in [2.24, 2.45) is 0 Å². The number of pyridine rings is 1. The lowest BCUT2D eigenvalue weighted by atomic mass is 10.1. The number of hydrogen-bond acceptors (Lipinski definition) is 4. The van der Waals surface area contributed by atoms with Crippen LogP contribution in [0.15, 0.2) is 48.7 Å². The number of aryl methyl sites for hydroxylation is 1. The number of carbonyl (C=O) groups excluding carboxylic acids is 2. The van der Waals surface area contributed by atoms with Gasteiger partial charge < -0.3 is 15.5 Å². The second-order valence-electron chi connectivity index (χ2n) is 6.48. The molecule has 1 atom stereocenters. The van der Waals surface area contributed by atoms with E-state index < -0.39 is 0 Å². The summed E-state index contributed by atoms with van der Waals surface area (Å²) in [6.07, 6.45) is 3.83. The van der Waals surface area contributed by atoms with Crippen molar-refractivity contribution in [2.75, 3.05) is 25.5 Å². The monoisotopic (exact) mass is 352 g/mol. The van der Waals surface area contributed by atoms with Gasteiger partial charge in [-0.2, -0.15) is 0 Å². The topological polar surface area (TPSA) is 74.3 Å². The van der Waals surface area contributed by atoms with Gasteiger partial charge in [0.2, 0.25) is 5.91 Å². The second kappa shape index (κ2) is 8.47. The Morgan fingerprint density at radius 3 is 2.85 bits per heavy atom. The number of anilines is 1. The van der Waals surface area contributed by atoms with Crippen LogP contribution in [0, 0.1) is 0 Å². The van der Waals surface area contributed by atoms with Crippen molar-refractivity contribution in [1.82, 2.24) is 15.2 Å². The van der Waals surface area contributed by atoms with Gasteiger partial charge in [-0.25, -0.2) is 4.98 Å². The van der Waals surface area contributed by atoms with Crippen LogP contribution >= 0.6 is 0 Å². The highest BCUT2D eigenvalue weighted by atomic mass is 16.2. The lowest BCUT2D eigenvalue weighted by molar-refractivity contribution is -0.127. The van der Waals surface area contributed by atoms with Crippen molar-refractivity contribution < 1.29 is 9.59 Å². The first-order valence-corrected chi connectivity index (χ1v) is 8.92. The molecule has 1 saturated heterocycles. The maximum absolute atomic E-state index is 12.4. The third-order valence-electron chi connectivity index (χ3n) is 4.56. The van der Waals surface area contributed by atoms with E-state index in [9.17, 15) is 9.59 Å². The van der Waals surface area contributed by atoms with Crippen LogP contribution < -0.4 is 10.6 Å². The number of likely N-dealkylation sites (tertiary alicyclic amines) is 1. The highest BCUT2D eigenvalue weighted by molar-refractivity contribution is 5.95. The fraction of sp³-hybridized carbons (Fsp3) is 0.350. The molecule has 26 heavy (non-hydrogen) atoms. The Morgan fingerprint density at radius 2 is 2.08 bits per heavy atom. The number of aromatic nitrogens is 1. The minimum Gasteiger partial charge on any atom is -0.373 e. The molecule has 2 heterocycles. The molecule has 0 saturated carbocycles. The van der Waals surface area contributed by atoms with E-state index in [1.54, 1.807) is 25.4 Å². The van der Waals surface area contributed by atoms with Crippen LogP contribution in [0.1, 0.15) is 28.8 Å². The molecule has 6 heteroatoms. The summed E-state index contributed by atoms with van der Waals surface area (Å²) in [7, 11) is 1.76. The Balaban J connectivity index is 1.48. The Kier molecular flexibility index (Phi) is 5.84. The highest BCUT2D eigenvalue weighted by Crippen LogP contribution is 2.14. The minimum atomic E-state index is -0.173. The van der Waals surface area contributed by atoms with E-state index in [1.807, 2.05) is 23.1 Å². The van der Waals surface area contributed by atoms with Gasteiger partial charge in [-0.05, 0) is 30.5 Å². The van der Waals surface area contributed by atoms with Crippen LogP contribution in [-0.4, -0.2) is 47.9 Å². The highest BCUT2D eigenvalue weighted by Gasteiger charge is 2.30. The van der Waals surface area contributed by atoms with Crippen molar-refractivity contribution in [1.29, 1.82) is 0 Å². The van der Waals surface area contributed by atoms with Crippen LogP contribution in [-0.2, 0) is 11.2 Å². The van der Waals surface area contributed by atoms with Gasteiger partial charge in [-0.1, -0.05) is 30.3 Å². The first-order chi connectivity index (χ1) is 12.7. The van der Waals surface area contributed by atoms with E-state index in [2.05, 4.69) is 27.8 Å². The standard InChI is InChI=1S/C20H24N4O2/c1-21-18-12-16(9-10-22-18)20(26)23-17-13-19(25)24(14-17)11-5-8-15-6-3-2-4-7-15/h2-4,6-7,9-10,12,17H,5,8,11,13-14H2,1H3,(H,21,22)(H,23,26). The lowest BCUT2D eigenvalue weighted by Crippen LogP contribution is -2.37. The summed E-state index contributed by atoms with van der Waals surface area (Å²) in [5, 5.41) is 5.87. The average molecular weight is 352 g/mol. The molecule has 136 valence electrons. The smallest absolute Gasteiger partial charge is 0.251 e. The summed E-state index contributed by atoms with van der Waals surface area (Å²) < 4.78 is 0. The summed E-state index contributed by atoms with van der Waals surface area (Å²) in [6.45, 7) is 1.29. The summed E-state index contributed by atoms with van der Waals surface area (Å²) >= 11 is 0. The van der Waals surface area contributed by atoms with E-state index in [-0.39, 0.29) is 17.9 Å². The number of amides is 2. The Labute approximate surface area is 153 Å². The summed E-state index contributed by atoms with van der Waals surface area (Å²) in [4.78, 5) is 30.5. The van der Waals surface area contributed by atoms with E-state index in [1.165, 1.54) is 5.56 Å². The molecule has 1 fully saturated rings. The first-order valence-electron chi connectivity index (χ1n) is 8.92. The molecule has 1 aromatic carbocycles. The molecule has 1 aromatic heterocycles. The molecule has 2 amide bonds. The van der Waals surface area contributed by atoms with Gasteiger partial charge in [-0.3, -0.25) is 9.59 Å². The molecule has 1 aliphatic heterocycles. The Morgan fingerprint density at radius 1 is 1.27 bits per heavy atom. The fourth-order valence-corrected chi connectivity index (χ4v) is 3.18. The fourth-order valence-electron chi connectivity index (χ4n) is 3.18. The molecule has 1 unspecified atom stereocenters. The van der Waals surface area contributed by atoms with Gasteiger partial charge in [0.1, 0.15) is 5.82 Å². The Bertz CT molecular complexity index is 763. The number of nitrogens with one attached hydrogen (secondary N) is 2. The molecule has 0 radical (unpaired) electrons. The third-order valence-corrected chi connectivity index (χ3v) is 4.56. The summed E-state index contributed by atoms with van der Waals surface area (Å²) in [5.41, 5.74) is 1.82. The molecular formula is C20H24N4O2. The number of hydrogen-bond donors (Lipinski definition) is 2. The maximum atomic E-state index is 12.4. The summed E-state index contributed by atoms with van der Waals surface area (Å²) in [5.74, 6) is 0.574. The van der Waals surface area contributed by atoms with Crippen LogP contribution in [0.4, 0.5) is 5.82 Å². The van der Waals surface area contributed by atoms with Gasteiger partial charge >= 0.3 is 0 Å². The lowest BCUT2D eigenvalue weighted by Gasteiger charge is -2.17. The first kappa shape index (κ1) is 17.9. The van der Waals surface area contributed by atoms with Crippen molar-refractivity contribution in [3.8, 4) is 0 Å². The van der Waals surface area contributed by atoms with Crippen LogP contribution in [0.2, 0.25) is 0 Å².